The number of anilines is 2. The molecule has 0 radical (unpaired) electrons. The molecule has 2 heterocycles. The average molecular weight is 469 g/mol. The van der Waals surface area contributed by atoms with Gasteiger partial charge in [-0.1, -0.05) is 25.1 Å². The Bertz CT molecular complexity index is 1120. The van der Waals surface area contributed by atoms with Crippen LogP contribution in [0, 0.1) is 11.8 Å². The van der Waals surface area contributed by atoms with Crippen LogP contribution in [0.2, 0.25) is 0 Å². The van der Waals surface area contributed by atoms with Crippen molar-refractivity contribution < 1.29 is 30.6 Å². The highest BCUT2D eigenvalue weighted by Gasteiger charge is 2.50. The molecule has 1 aromatic heterocycles. The Kier molecular flexibility index (Phi) is 5.56. The number of para-hydroxylation sites is 1. The SMILES string of the molecule is CC(=O)N1c2ccc(OS(=O)(=O)C(F)(F)F)nc2C(Nc2ccccc2)[C@@H](C)[C@@H]1C1CC1. The molecule has 3 atom stereocenters. The van der Waals surface area contributed by atoms with E-state index in [1.807, 2.05) is 37.3 Å². The first-order chi connectivity index (χ1) is 15.0. The second-order valence-electron chi connectivity index (χ2n) is 8.10. The van der Waals surface area contributed by atoms with Crippen LogP contribution in [0.5, 0.6) is 5.88 Å². The van der Waals surface area contributed by atoms with E-state index in [0.717, 1.165) is 24.6 Å². The molecule has 4 rings (SSSR count). The van der Waals surface area contributed by atoms with Gasteiger partial charge in [-0.3, -0.25) is 4.79 Å². The summed E-state index contributed by atoms with van der Waals surface area (Å²) in [6.07, 6.45) is 1.95. The zero-order chi connectivity index (χ0) is 23.3. The van der Waals surface area contributed by atoms with Gasteiger partial charge in [0.25, 0.3) is 0 Å². The second kappa shape index (κ2) is 7.95. The molecule has 7 nitrogen and oxygen atoms in total. The smallest absolute Gasteiger partial charge is 0.376 e. The Labute approximate surface area is 183 Å². The monoisotopic (exact) mass is 469 g/mol. The van der Waals surface area contributed by atoms with Crippen molar-refractivity contribution in [1.29, 1.82) is 0 Å². The lowest BCUT2D eigenvalue weighted by Crippen LogP contribution is -2.51. The molecule has 32 heavy (non-hydrogen) atoms. The number of aromatic nitrogens is 1. The van der Waals surface area contributed by atoms with E-state index in [1.165, 1.54) is 13.0 Å². The van der Waals surface area contributed by atoms with Gasteiger partial charge in [-0.2, -0.15) is 21.6 Å². The van der Waals surface area contributed by atoms with E-state index in [9.17, 15) is 26.4 Å². The number of fused-ring (bicyclic) bond motifs is 1. The van der Waals surface area contributed by atoms with Gasteiger partial charge in [0, 0.05) is 30.6 Å². The number of pyridine rings is 1. The Morgan fingerprint density at radius 1 is 1.16 bits per heavy atom. The number of hydrogen-bond acceptors (Lipinski definition) is 6. The number of nitrogens with one attached hydrogen (secondary N) is 1. The molecule has 2 aliphatic rings. The van der Waals surface area contributed by atoms with Gasteiger partial charge in [0.15, 0.2) is 0 Å². The van der Waals surface area contributed by atoms with Crippen LogP contribution in [-0.2, 0) is 14.9 Å². The number of carbonyl (C=O) groups is 1. The molecule has 0 saturated heterocycles. The molecule has 2 aromatic rings. The summed E-state index contributed by atoms with van der Waals surface area (Å²) in [5.74, 6) is -0.766. The van der Waals surface area contributed by atoms with E-state index >= 15 is 0 Å². The van der Waals surface area contributed by atoms with Crippen LogP contribution < -0.4 is 14.4 Å². The van der Waals surface area contributed by atoms with Gasteiger partial charge < -0.3 is 14.4 Å². The van der Waals surface area contributed by atoms with Crippen LogP contribution >= 0.6 is 0 Å². The van der Waals surface area contributed by atoms with E-state index in [0.29, 0.717) is 11.6 Å². The predicted molar refractivity (Wildman–Crippen MR) is 111 cm³/mol. The number of halogens is 3. The fourth-order valence-electron chi connectivity index (χ4n) is 4.30. The molecule has 1 aromatic carbocycles. The van der Waals surface area contributed by atoms with Crippen molar-refractivity contribution in [3.63, 3.8) is 0 Å². The highest BCUT2D eigenvalue weighted by atomic mass is 32.2. The summed E-state index contributed by atoms with van der Waals surface area (Å²) in [6.45, 7) is 3.37. The van der Waals surface area contributed by atoms with Gasteiger partial charge in [-0.15, -0.1) is 0 Å². The molecule has 1 aliphatic carbocycles. The first-order valence-electron chi connectivity index (χ1n) is 10.1. The highest BCUT2D eigenvalue weighted by Crippen LogP contribution is 2.50. The summed E-state index contributed by atoms with van der Waals surface area (Å²) in [6, 6.07) is 11.0. The van der Waals surface area contributed by atoms with Crippen molar-refractivity contribution in [1.82, 2.24) is 4.98 Å². The quantitative estimate of drug-likeness (QED) is 0.521. The first-order valence-corrected chi connectivity index (χ1v) is 11.5. The third-order valence-corrected chi connectivity index (χ3v) is 6.77. The summed E-state index contributed by atoms with van der Waals surface area (Å²) in [5, 5.41) is 3.35. The summed E-state index contributed by atoms with van der Waals surface area (Å²) in [4.78, 5) is 18.3. The number of alkyl halides is 3. The van der Waals surface area contributed by atoms with E-state index < -0.39 is 27.5 Å². The standard InChI is InChI=1S/C21H22F3N3O4S/c1-12-18(25-15-6-4-3-5-7-15)19-16(27(13(2)28)20(12)14-8-9-14)10-11-17(26-19)31-32(29,30)21(22,23)24/h3-7,10-12,14,18,20,25H,8-9H2,1-2H3/t12-,18?,20-/m1/s1. The third-order valence-electron chi connectivity index (χ3n) is 5.81. The predicted octanol–water partition coefficient (Wildman–Crippen LogP) is 4.24. The second-order valence-corrected chi connectivity index (χ2v) is 9.64. The molecule has 1 saturated carbocycles. The minimum Gasteiger partial charge on any atom is -0.376 e. The van der Waals surface area contributed by atoms with Crippen molar-refractivity contribution in [2.45, 2.75) is 44.3 Å². The summed E-state index contributed by atoms with van der Waals surface area (Å²) in [7, 11) is -5.87. The largest absolute Gasteiger partial charge is 0.534 e. The van der Waals surface area contributed by atoms with E-state index in [1.54, 1.807) is 4.90 Å². The number of carbonyl (C=O) groups excluding carboxylic acids is 1. The molecular formula is C21H22F3N3O4S. The number of rotatable bonds is 5. The van der Waals surface area contributed by atoms with Crippen molar-refractivity contribution in [3.8, 4) is 5.88 Å². The fraction of sp³-hybridized carbons (Fsp3) is 0.429. The van der Waals surface area contributed by atoms with Gasteiger partial charge in [-0.05, 0) is 37.0 Å². The molecule has 1 unspecified atom stereocenters. The highest BCUT2D eigenvalue weighted by molar-refractivity contribution is 7.87. The van der Waals surface area contributed by atoms with Gasteiger partial charge >= 0.3 is 15.6 Å². The minimum atomic E-state index is -5.87. The first kappa shape index (κ1) is 22.4. The fourth-order valence-corrected chi connectivity index (χ4v) is 4.71. The lowest BCUT2D eigenvalue weighted by molar-refractivity contribution is -0.117. The molecule has 0 spiro atoms. The average Bonchev–Trinajstić information content (AvgIpc) is 3.54. The lowest BCUT2D eigenvalue weighted by atomic mass is 9.82. The summed E-state index contributed by atoms with van der Waals surface area (Å²) in [5.41, 5.74) is -4.14. The zero-order valence-corrected chi connectivity index (χ0v) is 18.2. The van der Waals surface area contributed by atoms with E-state index in [-0.39, 0.29) is 23.6 Å². The maximum Gasteiger partial charge on any atom is 0.534 e. The van der Waals surface area contributed by atoms with E-state index in [2.05, 4.69) is 14.5 Å². The van der Waals surface area contributed by atoms with Crippen LogP contribution in [0.3, 0.4) is 0 Å². The van der Waals surface area contributed by atoms with Crippen molar-refractivity contribution in [2.24, 2.45) is 11.8 Å². The van der Waals surface area contributed by atoms with Gasteiger partial charge in [0.2, 0.25) is 11.8 Å². The lowest BCUT2D eigenvalue weighted by Gasteiger charge is -2.45. The zero-order valence-electron chi connectivity index (χ0n) is 17.3. The molecule has 1 N–H and O–H groups in total. The van der Waals surface area contributed by atoms with Gasteiger partial charge in [-0.25, -0.2) is 4.98 Å². The van der Waals surface area contributed by atoms with E-state index in [4.69, 9.17) is 0 Å². The Morgan fingerprint density at radius 3 is 2.38 bits per heavy atom. The Balaban J connectivity index is 1.80. The van der Waals surface area contributed by atoms with Crippen LogP contribution in [0.15, 0.2) is 42.5 Å². The van der Waals surface area contributed by atoms with Crippen molar-refractivity contribution in [2.75, 3.05) is 10.2 Å². The van der Waals surface area contributed by atoms with Crippen molar-refractivity contribution in [3.05, 3.63) is 48.2 Å². The van der Waals surface area contributed by atoms with Gasteiger partial charge in [0.05, 0.1) is 17.4 Å². The number of benzene rings is 1. The van der Waals surface area contributed by atoms with Crippen LogP contribution in [-0.4, -0.2) is 30.9 Å². The molecule has 0 bridgehead atoms. The summed E-state index contributed by atoms with van der Waals surface area (Å²) >= 11 is 0. The molecule has 1 aliphatic heterocycles. The molecule has 11 heteroatoms. The van der Waals surface area contributed by atoms with Crippen LogP contribution in [0.1, 0.15) is 38.4 Å². The Morgan fingerprint density at radius 2 is 1.81 bits per heavy atom. The van der Waals surface area contributed by atoms with Crippen molar-refractivity contribution >= 4 is 27.4 Å². The molecule has 1 amide bonds. The Hall–Kier alpha value is -2.82. The number of amides is 1. The summed E-state index contributed by atoms with van der Waals surface area (Å²) < 4.78 is 65.6. The molecule has 1 fully saturated rings. The minimum absolute atomic E-state index is 0.117. The normalized spacial score (nSPS) is 23.4. The van der Waals surface area contributed by atoms with Crippen LogP contribution in [0.4, 0.5) is 24.5 Å². The topological polar surface area (TPSA) is 88.6 Å². The molecule has 172 valence electrons. The third kappa shape index (κ3) is 4.13. The molecular weight excluding hydrogens is 447 g/mol. The van der Waals surface area contributed by atoms with Crippen LogP contribution in [0.25, 0.3) is 0 Å². The number of nitrogens with zero attached hydrogens (tertiary/aromatic N) is 2. The van der Waals surface area contributed by atoms with Gasteiger partial charge in [0.1, 0.15) is 0 Å². The number of hydrogen-bond donors (Lipinski definition) is 1. The maximum atomic E-state index is 12.8. The maximum absolute atomic E-state index is 12.8.